The monoisotopic (exact) mass is 249 g/mol. The van der Waals surface area contributed by atoms with Gasteiger partial charge in [0, 0.05) is 13.6 Å². The first-order valence-electron chi connectivity index (χ1n) is 6.23. The third kappa shape index (κ3) is 4.06. The third-order valence-corrected chi connectivity index (χ3v) is 3.04. The Bertz CT molecular complexity index is 390. The van der Waals surface area contributed by atoms with E-state index in [9.17, 15) is 4.79 Å². The summed E-state index contributed by atoms with van der Waals surface area (Å²) in [5.74, 6) is 0. The lowest BCUT2D eigenvalue weighted by molar-refractivity contribution is 0.134. The molecule has 1 aromatic rings. The summed E-state index contributed by atoms with van der Waals surface area (Å²) >= 11 is 0. The Morgan fingerprint density at radius 2 is 1.78 bits per heavy atom. The number of amides is 1. The van der Waals surface area contributed by atoms with Gasteiger partial charge in [-0.15, -0.1) is 0 Å². The number of ether oxygens (including phenoxy) is 1. The van der Waals surface area contributed by atoms with E-state index in [4.69, 9.17) is 0 Å². The van der Waals surface area contributed by atoms with E-state index in [1.165, 1.54) is 18.2 Å². The number of nitrogens with zero attached hydrogens (tertiary/aromatic N) is 1. The molecule has 0 unspecified atom stereocenters. The summed E-state index contributed by atoms with van der Waals surface area (Å²) in [6.07, 6.45) is 0.553. The van der Waals surface area contributed by atoms with Gasteiger partial charge in [-0.1, -0.05) is 45.0 Å². The minimum Gasteiger partial charge on any atom is -0.453 e. The zero-order valence-electron chi connectivity index (χ0n) is 12.0. The average molecular weight is 249 g/mol. The molecule has 3 heteroatoms. The minimum absolute atomic E-state index is 0.182. The standard InChI is InChI=1S/C15H23NO2/c1-15(2,3)13-8-6-12(7-9-13)10-11-16(4)14(17)18-5/h6-9H,10-11H2,1-5H3. The maximum absolute atomic E-state index is 11.2. The van der Waals surface area contributed by atoms with Gasteiger partial charge in [-0.05, 0) is 23.0 Å². The van der Waals surface area contributed by atoms with Crippen LogP contribution in [0.5, 0.6) is 0 Å². The van der Waals surface area contributed by atoms with Crippen molar-refractivity contribution in [1.82, 2.24) is 4.90 Å². The molecule has 0 N–H and O–H groups in total. The van der Waals surface area contributed by atoms with Gasteiger partial charge in [-0.3, -0.25) is 0 Å². The maximum Gasteiger partial charge on any atom is 0.409 e. The van der Waals surface area contributed by atoms with Gasteiger partial charge in [0.1, 0.15) is 0 Å². The van der Waals surface area contributed by atoms with Gasteiger partial charge in [-0.25, -0.2) is 4.79 Å². The van der Waals surface area contributed by atoms with Crippen molar-refractivity contribution in [2.24, 2.45) is 0 Å². The van der Waals surface area contributed by atoms with Crippen LogP contribution in [-0.4, -0.2) is 31.7 Å². The van der Waals surface area contributed by atoms with Crippen LogP contribution in [0, 0.1) is 0 Å². The Kier molecular flexibility index (Phi) is 4.76. The van der Waals surface area contributed by atoms with E-state index in [2.05, 4.69) is 49.8 Å². The number of hydrogen-bond acceptors (Lipinski definition) is 2. The molecule has 0 heterocycles. The van der Waals surface area contributed by atoms with E-state index >= 15 is 0 Å². The van der Waals surface area contributed by atoms with Gasteiger partial charge >= 0.3 is 6.09 Å². The highest BCUT2D eigenvalue weighted by Crippen LogP contribution is 2.22. The van der Waals surface area contributed by atoms with Gasteiger partial charge in [0.2, 0.25) is 0 Å². The molecule has 0 spiro atoms. The summed E-state index contributed by atoms with van der Waals surface area (Å²) in [4.78, 5) is 12.8. The topological polar surface area (TPSA) is 29.5 Å². The molecule has 0 radical (unpaired) electrons. The third-order valence-electron chi connectivity index (χ3n) is 3.04. The molecule has 0 atom stereocenters. The molecule has 100 valence electrons. The van der Waals surface area contributed by atoms with Crippen LogP contribution in [0.3, 0.4) is 0 Å². The Morgan fingerprint density at radius 3 is 2.22 bits per heavy atom. The minimum atomic E-state index is -0.290. The molecule has 1 aromatic carbocycles. The van der Waals surface area contributed by atoms with E-state index in [0.717, 1.165) is 6.42 Å². The highest BCUT2D eigenvalue weighted by atomic mass is 16.5. The summed E-state index contributed by atoms with van der Waals surface area (Å²) in [6, 6.07) is 8.58. The van der Waals surface area contributed by atoms with Crippen molar-refractivity contribution in [1.29, 1.82) is 0 Å². The molecule has 0 saturated heterocycles. The Labute approximate surface area is 110 Å². The first kappa shape index (κ1) is 14.6. The number of hydrogen-bond donors (Lipinski definition) is 0. The summed E-state index contributed by atoms with van der Waals surface area (Å²) in [5, 5.41) is 0. The second kappa shape index (κ2) is 5.89. The first-order valence-corrected chi connectivity index (χ1v) is 6.23. The normalized spacial score (nSPS) is 11.2. The summed E-state index contributed by atoms with van der Waals surface area (Å²) < 4.78 is 4.65. The average Bonchev–Trinajstić information content (AvgIpc) is 2.34. The number of methoxy groups -OCH3 is 1. The predicted molar refractivity (Wildman–Crippen MR) is 73.9 cm³/mol. The number of likely N-dealkylation sites (N-methyl/N-ethyl adjacent to an activating group) is 1. The highest BCUT2D eigenvalue weighted by molar-refractivity contribution is 5.66. The first-order chi connectivity index (χ1) is 8.34. The second-order valence-corrected chi connectivity index (χ2v) is 5.59. The van der Waals surface area contributed by atoms with Crippen molar-refractivity contribution < 1.29 is 9.53 Å². The van der Waals surface area contributed by atoms with Gasteiger partial charge in [-0.2, -0.15) is 0 Å². The molecule has 0 aromatic heterocycles. The van der Waals surface area contributed by atoms with Crippen molar-refractivity contribution in [3.8, 4) is 0 Å². The fourth-order valence-corrected chi connectivity index (χ4v) is 1.72. The van der Waals surface area contributed by atoms with E-state index in [1.807, 2.05) is 0 Å². The smallest absolute Gasteiger partial charge is 0.409 e. The molecule has 1 amide bonds. The van der Waals surface area contributed by atoms with E-state index in [-0.39, 0.29) is 11.5 Å². The molecule has 18 heavy (non-hydrogen) atoms. The number of carbonyl (C=O) groups excluding carboxylic acids is 1. The van der Waals surface area contributed by atoms with Crippen molar-refractivity contribution in [2.75, 3.05) is 20.7 Å². The number of rotatable bonds is 3. The molecule has 0 saturated carbocycles. The van der Waals surface area contributed by atoms with Gasteiger partial charge in [0.15, 0.2) is 0 Å². The van der Waals surface area contributed by atoms with Gasteiger partial charge in [0.25, 0.3) is 0 Å². The van der Waals surface area contributed by atoms with Crippen molar-refractivity contribution in [3.63, 3.8) is 0 Å². The second-order valence-electron chi connectivity index (χ2n) is 5.59. The number of carbonyl (C=O) groups is 1. The van der Waals surface area contributed by atoms with Gasteiger partial charge in [0.05, 0.1) is 7.11 Å². The fourth-order valence-electron chi connectivity index (χ4n) is 1.72. The van der Waals surface area contributed by atoms with Crippen LogP contribution in [0.1, 0.15) is 31.9 Å². The Balaban J connectivity index is 2.57. The highest BCUT2D eigenvalue weighted by Gasteiger charge is 2.13. The van der Waals surface area contributed by atoms with Crippen molar-refractivity contribution in [2.45, 2.75) is 32.6 Å². The zero-order valence-corrected chi connectivity index (χ0v) is 12.0. The molecule has 0 aliphatic rings. The van der Waals surface area contributed by atoms with Crippen LogP contribution in [0.4, 0.5) is 4.79 Å². The molecular formula is C15H23NO2. The van der Waals surface area contributed by atoms with Crippen molar-refractivity contribution >= 4 is 6.09 Å². The molecule has 3 nitrogen and oxygen atoms in total. The largest absolute Gasteiger partial charge is 0.453 e. The van der Waals surface area contributed by atoms with Crippen LogP contribution < -0.4 is 0 Å². The molecular weight excluding hydrogens is 226 g/mol. The van der Waals surface area contributed by atoms with E-state index in [0.29, 0.717) is 6.54 Å². The lowest BCUT2D eigenvalue weighted by Gasteiger charge is -2.19. The molecule has 0 fully saturated rings. The lowest BCUT2D eigenvalue weighted by atomic mass is 9.86. The molecule has 0 aliphatic heterocycles. The molecule has 0 bridgehead atoms. The van der Waals surface area contributed by atoms with Crippen LogP contribution >= 0.6 is 0 Å². The predicted octanol–water partition coefficient (Wildman–Crippen LogP) is 3.22. The maximum atomic E-state index is 11.2. The quantitative estimate of drug-likeness (QED) is 0.823. The summed E-state index contributed by atoms with van der Waals surface area (Å²) in [6.45, 7) is 7.27. The molecule has 1 rings (SSSR count). The van der Waals surface area contributed by atoms with Gasteiger partial charge < -0.3 is 9.64 Å². The van der Waals surface area contributed by atoms with Crippen LogP contribution in [0.2, 0.25) is 0 Å². The van der Waals surface area contributed by atoms with Crippen molar-refractivity contribution in [3.05, 3.63) is 35.4 Å². The number of benzene rings is 1. The summed E-state index contributed by atoms with van der Waals surface area (Å²) in [5.41, 5.74) is 2.74. The zero-order chi connectivity index (χ0) is 13.8. The van der Waals surface area contributed by atoms with E-state index < -0.39 is 0 Å². The van der Waals surface area contributed by atoms with Crippen LogP contribution in [0.25, 0.3) is 0 Å². The summed E-state index contributed by atoms with van der Waals surface area (Å²) in [7, 11) is 3.15. The Morgan fingerprint density at radius 1 is 1.22 bits per heavy atom. The Hall–Kier alpha value is -1.51. The fraction of sp³-hybridized carbons (Fsp3) is 0.533. The van der Waals surface area contributed by atoms with E-state index in [1.54, 1.807) is 11.9 Å². The lowest BCUT2D eigenvalue weighted by Crippen LogP contribution is -2.28. The van der Waals surface area contributed by atoms with Crippen LogP contribution in [0.15, 0.2) is 24.3 Å². The molecule has 0 aliphatic carbocycles. The van der Waals surface area contributed by atoms with Crippen LogP contribution in [-0.2, 0) is 16.6 Å². The SMILES string of the molecule is COC(=O)N(C)CCc1ccc(C(C)(C)C)cc1.